The maximum absolute atomic E-state index is 9.04. The maximum atomic E-state index is 9.04. The topological polar surface area (TPSA) is 99.1 Å². The quantitative estimate of drug-likeness (QED) is 0.743. The average Bonchev–Trinajstić information content (AvgIpc) is 2.94. The molecule has 2 aromatic rings. The summed E-state index contributed by atoms with van der Waals surface area (Å²) in [4.78, 5) is 12.3. The zero-order valence-electron chi connectivity index (χ0n) is 9.15. The van der Waals surface area contributed by atoms with Gasteiger partial charge in [-0.3, -0.25) is 0 Å². The highest BCUT2D eigenvalue weighted by molar-refractivity contribution is 5.81. The molecule has 7 nitrogen and oxygen atoms in total. The van der Waals surface area contributed by atoms with Gasteiger partial charge in [-0.05, 0) is 6.42 Å². The Morgan fingerprint density at radius 1 is 1.47 bits per heavy atom. The molecule has 1 aliphatic heterocycles. The van der Waals surface area contributed by atoms with Gasteiger partial charge in [0.1, 0.15) is 11.8 Å². The Balaban J connectivity index is 1.99. The minimum Gasteiger partial charge on any atom is -0.394 e. The fraction of sp³-hybridized carbons (Fsp3) is 0.500. The third-order valence-electron chi connectivity index (χ3n) is 3.04. The van der Waals surface area contributed by atoms with E-state index in [1.54, 1.807) is 6.33 Å². The number of aliphatic hydroxyl groups is 1. The average molecular weight is 235 g/mol. The smallest absolute Gasteiger partial charge is 0.165 e. The number of aliphatic hydroxyl groups excluding tert-OH is 1. The Morgan fingerprint density at radius 3 is 3.12 bits per heavy atom. The molecule has 3 N–H and O–H groups in total. The standard InChI is InChI=1S/C10H13N5O2/c11-9-8-10(13-4-12-9)15(5-14-8)6-1-7(2-16)17-3-6/h4-7,16H,1-3H2,(H2,11,12,13)/t6-,7-/m0/s1. The van der Waals surface area contributed by atoms with Gasteiger partial charge in [-0.25, -0.2) is 15.0 Å². The van der Waals surface area contributed by atoms with Crippen LogP contribution >= 0.6 is 0 Å². The number of rotatable bonds is 2. The van der Waals surface area contributed by atoms with Gasteiger partial charge in [0.25, 0.3) is 0 Å². The molecule has 3 heterocycles. The Morgan fingerprint density at radius 2 is 2.35 bits per heavy atom. The second-order valence-electron chi connectivity index (χ2n) is 4.11. The SMILES string of the molecule is Nc1ncnc2c1ncn2[C@@H]1CO[C@H](CO)C1. The molecule has 0 saturated carbocycles. The van der Waals surface area contributed by atoms with Crippen molar-refractivity contribution in [2.45, 2.75) is 18.6 Å². The summed E-state index contributed by atoms with van der Waals surface area (Å²) >= 11 is 0. The van der Waals surface area contributed by atoms with Crippen LogP contribution in [0.4, 0.5) is 5.82 Å². The Kier molecular flexibility index (Phi) is 2.41. The molecule has 0 bridgehead atoms. The van der Waals surface area contributed by atoms with Gasteiger partial charge in [0.15, 0.2) is 11.5 Å². The van der Waals surface area contributed by atoms with Crippen LogP contribution in [-0.4, -0.2) is 43.9 Å². The lowest BCUT2D eigenvalue weighted by Gasteiger charge is -2.10. The minimum atomic E-state index is -0.100. The van der Waals surface area contributed by atoms with Crippen molar-refractivity contribution in [1.29, 1.82) is 0 Å². The number of hydrogen-bond donors (Lipinski definition) is 2. The molecule has 0 unspecified atom stereocenters. The number of nitrogen functional groups attached to an aromatic ring is 1. The van der Waals surface area contributed by atoms with Crippen LogP contribution < -0.4 is 5.73 Å². The monoisotopic (exact) mass is 235 g/mol. The molecule has 7 heteroatoms. The first-order valence-electron chi connectivity index (χ1n) is 5.45. The summed E-state index contributed by atoms with van der Waals surface area (Å²) in [5, 5.41) is 9.04. The molecule has 3 rings (SSSR count). The fourth-order valence-corrected chi connectivity index (χ4v) is 2.15. The Hall–Kier alpha value is -1.73. The van der Waals surface area contributed by atoms with E-state index in [9.17, 15) is 0 Å². The third-order valence-corrected chi connectivity index (χ3v) is 3.04. The zero-order chi connectivity index (χ0) is 11.8. The van der Waals surface area contributed by atoms with Gasteiger partial charge in [-0.2, -0.15) is 0 Å². The summed E-state index contributed by atoms with van der Waals surface area (Å²) in [7, 11) is 0. The van der Waals surface area contributed by atoms with E-state index in [0.29, 0.717) is 23.6 Å². The molecule has 1 saturated heterocycles. The van der Waals surface area contributed by atoms with Crippen molar-refractivity contribution >= 4 is 17.0 Å². The van der Waals surface area contributed by atoms with E-state index in [2.05, 4.69) is 15.0 Å². The summed E-state index contributed by atoms with van der Waals surface area (Å²) < 4.78 is 7.38. The second-order valence-corrected chi connectivity index (χ2v) is 4.11. The predicted octanol–water partition coefficient (Wildman–Crippen LogP) is -0.269. The normalized spacial score (nSPS) is 24.5. The number of aromatic nitrogens is 4. The van der Waals surface area contributed by atoms with Crippen LogP contribution in [0.5, 0.6) is 0 Å². The number of nitrogens with two attached hydrogens (primary N) is 1. The van der Waals surface area contributed by atoms with E-state index in [-0.39, 0.29) is 18.8 Å². The van der Waals surface area contributed by atoms with Crippen molar-refractivity contribution in [3.8, 4) is 0 Å². The molecule has 0 radical (unpaired) electrons. The van der Waals surface area contributed by atoms with E-state index in [1.165, 1.54) is 6.33 Å². The molecule has 0 spiro atoms. The highest BCUT2D eigenvalue weighted by Crippen LogP contribution is 2.27. The Bertz CT molecular complexity index is 540. The van der Waals surface area contributed by atoms with E-state index in [4.69, 9.17) is 15.6 Å². The molecule has 90 valence electrons. The van der Waals surface area contributed by atoms with Crippen LogP contribution in [0, 0.1) is 0 Å². The summed E-state index contributed by atoms with van der Waals surface area (Å²) in [6, 6.07) is 0.145. The third kappa shape index (κ3) is 1.63. The molecule has 2 aromatic heterocycles. The predicted molar refractivity (Wildman–Crippen MR) is 60.2 cm³/mol. The first-order chi connectivity index (χ1) is 8.29. The number of fused-ring (bicyclic) bond motifs is 1. The summed E-state index contributed by atoms with van der Waals surface area (Å²) in [6.07, 6.45) is 3.78. The molecular formula is C10H13N5O2. The lowest BCUT2D eigenvalue weighted by molar-refractivity contribution is 0.0576. The minimum absolute atomic E-state index is 0.0419. The van der Waals surface area contributed by atoms with Crippen molar-refractivity contribution in [1.82, 2.24) is 19.5 Å². The van der Waals surface area contributed by atoms with Crippen LogP contribution in [0.3, 0.4) is 0 Å². The number of ether oxygens (including phenoxy) is 1. The first kappa shape index (κ1) is 10.4. The second kappa shape index (κ2) is 3.94. The lowest BCUT2D eigenvalue weighted by Crippen LogP contribution is -2.11. The van der Waals surface area contributed by atoms with Crippen LogP contribution in [0.1, 0.15) is 12.5 Å². The maximum Gasteiger partial charge on any atom is 0.165 e. The fourth-order valence-electron chi connectivity index (χ4n) is 2.15. The van der Waals surface area contributed by atoms with Crippen molar-refractivity contribution < 1.29 is 9.84 Å². The van der Waals surface area contributed by atoms with Crippen molar-refractivity contribution in [2.75, 3.05) is 18.9 Å². The van der Waals surface area contributed by atoms with Crippen LogP contribution in [0.2, 0.25) is 0 Å². The van der Waals surface area contributed by atoms with Crippen molar-refractivity contribution in [3.63, 3.8) is 0 Å². The van der Waals surface area contributed by atoms with E-state index in [0.717, 1.165) is 6.42 Å². The van der Waals surface area contributed by atoms with E-state index < -0.39 is 0 Å². The molecule has 0 amide bonds. The highest BCUT2D eigenvalue weighted by atomic mass is 16.5. The molecule has 2 atom stereocenters. The molecule has 1 aliphatic rings. The number of imidazole rings is 1. The van der Waals surface area contributed by atoms with Gasteiger partial charge in [0.05, 0.1) is 31.7 Å². The van der Waals surface area contributed by atoms with Crippen molar-refractivity contribution in [3.05, 3.63) is 12.7 Å². The molecule has 0 aromatic carbocycles. The van der Waals surface area contributed by atoms with Crippen LogP contribution in [0.15, 0.2) is 12.7 Å². The molecule has 1 fully saturated rings. The van der Waals surface area contributed by atoms with Gasteiger partial charge < -0.3 is 20.1 Å². The highest BCUT2D eigenvalue weighted by Gasteiger charge is 2.27. The van der Waals surface area contributed by atoms with Gasteiger partial charge in [-0.1, -0.05) is 0 Å². The zero-order valence-corrected chi connectivity index (χ0v) is 9.15. The first-order valence-corrected chi connectivity index (χ1v) is 5.45. The number of nitrogens with zero attached hydrogens (tertiary/aromatic N) is 4. The van der Waals surface area contributed by atoms with E-state index >= 15 is 0 Å². The largest absolute Gasteiger partial charge is 0.394 e. The summed E-state index contributed by atoms with van der Waals surface area (Å²) in [5.41, 5.74) is 7.05. The lowest BCUT2D eigenvalue weighted by atomic mass is 10.2. The van der Waals surface area contributed by atoms with Crippen LogP contribution in [0.25, 0.3) is 11.2 Å². The molecule has 0 aliphatic carbocycles. The van der Waals surface area contributed by atoms with Gasteiger partial charge in [0, 0.05) is 0 Å². The molecular weight excluding hydrogens is 222 g/mol. The summed E-state index contributed by atoms with van der Waals surface area (Å²) in [6.45, 7) is 0.598. The number of hydrogen-bond acceptors (Lipinski definition) is 6. The number of anilines is 1. The van der Waals surface area contributed by atoms with Gasteiger partial charge >= 0.3 is 0 Å². The summed E-state index contributed by atoms with van der Waals surface area (Å²) in [5.74, 6) is 0.381. The molecule has 17 heavy (non-hydrogen) atoms. The Labute approximate surface area is 97.3 Å². The van der Waals surface area contributed by atoms with E-state index in [1.807, 2.05) is 4.57 Å². The van der Waals surface area contributed by atoms with Crippen LogP contribution in [-0.2, 0) is 4.74 Å². The van der Waals surface area contributed by atoms with Gasteiger partial charge in [-0.15, -0.1) is 0 Å². The van der Waals surface area contributed by atoms with Gasteiger partial charge in [0.2, 0.25) is 0 Å². The van der Waals surface area contributed by atoms with Crippen molar-refractivity contribution in [2.24, 2.45) is 0 Å².